The fraction of sp³-hybridized carbons (Fsp3) is 0.250. The second kappa shape index (κ2) is 17.5. The second-order valence-corrected chi connectivity index (χ2v) is 13.6. The standard InChI is InChI=1S/C44H43N3O7/c48-29-33-19-21-35(22-20-33)40-24-38(28-46(26-31-11-4-1-5-12-31)27-32-13-6-2-7-14-32)53-43(54-40)36-17-10-18-37(23-36)47-41(49)25-39(42(47)50)45-44(51)52-30-34-15-8-3-9-16-34/h1-23,38-40,43,48H,24-30H2,(H,45,51)/t38-,39?,40+,43+/m1/s1. The number of amides is 3. The van der Waals surface area contributed by atoms with Gasteiger partial charge in [-0.25, -0.2) is 9.69 Å². The lowest BCUT2D eigenvalue weighted by Gasteiger charge is -2.38. The third-order valence-corrected chi connectivity index (χ3v) is 9.63. The van der Waals surface area contributed by atoms with Crippen LogP contribution < -0.4 is 10.2 Å². The summed E-state index contributed by atoms with van der Waals surface area (Å²) in [7, 11) is 0. The largest absolute Gasteiger partial charge is 0.445 e. The summed E-state index contributed by atoms with van der Waals surface area (Å²) >= 11 is 0. The Morgan fingerprint density at radius 2 is 1.37 bits per heavy atom. The highest BCUT2D eigenvalue weighted by Gasteiger charge is 2.41. The SMILES string of the molecule is O=C(NC1CC(=O)N(c2cccc([C@H]3O[C@@H](CN(Cc4ccccc4)Cc4ccccc4)C[C@@H](c4ccc(CO)cc4)O3)c2)C1=O)OCc1ccccc1. The quantitative estimate of drug-likeness (QED) is 0.125. The van der Waals surface area contributed by atoms with Crippen molar-refractivity contribution in [2.75, 3.05) is 11.4 Å². The minimum absolute atomic E-state index is 0.0402. The van der Waals surface area contributed by atoms with Crippen molar-refractivity contribution < 1.29 is 33.7 Å². The van der Waals surface area contributed by atoms with E-state index in [4.69, 9.17) is 14.2 Å². The number of hydrogen-bond acceptors (Lipinski definition) is 8. The van der Waals surface area contributed by atoms with E-state index in [1.165, 1.54) is 11.1 Å². The molecule has 4 atom stereocenters. The number of benzene rings is 5. The molecule has 0 aliphatic carbocycles. The Morgan fingerprint density at radius 1 is 0.741 bits per heavy atom. The molecule has 0 saturated carbocycles. The van der Waals surface area contributed by atoms with Gasteiger partial charge in [-0.15, -0.1) is 0 Å². The number of imide groups is 1. The summed E-state index contributed by atoms with van der Waals surface area (Å²) in [5, 5.41) is 12.2. The highest BCUT2D eigenvalue weighted by molar-refractivity contribution is 6.22. The Labute approximate surface area is 314 Å². The molecule has 2 heterocycles. The third-order valence-electron chi connectivity index (χ3n) is 9.63. The summed E-state index contributed by atoms with van der Waals surface area (Å²) in [6, 6.07) is 43.6. The Kier molecular flexibility index (Phi) is 11.9. The van der Waals surface area contributed by atoms with Gasteiger partial charge in [0.2, 0.25) is 5.91 Å². The summed E-state index contributed by atoms with van der Waals surface area (Å²) < 4.78 is 18.6. The van der Waals surface area contributed by atoms with Gasteiger partial charge in [-0.3, -0.25) is 14.5 Å². The molecule has 3 amide bonds. The zero-order valence-corrected chi connectivity index (χ0v) is 29.8. The summed E-state index contributed by atoms with van der Waals surface area (Å²) in [6.45, 7) is 2.05. The predicted octanol–water partition coefficient (Wildman–Crippen LogP) is 6.99. The first-order chi connectivity index (χ1) is 26.4. The number of carbonyl (C=O) groups is 3. The summed E-state index contributed by atoms with van der Waals surface area (Å²) in [4.78, 5) is 42.8. The normalized spacial score (nSPS) is 19.9. The first kappa shape index (κ1) is 36.7. The maximum absolute atomic E-state index is 13.5. The number of aliphatic hydroxyl groups is 1. The first-order valence-corrected chi connectivity index (χ1v) is 18.2. The number of nitrogens with zero attached hydrogens (tertiary/aromatic N) is 2. The van der Waals surface area contributed by atoms with Gasteiger partial charge in [0, 0.05) is 31.6 Å². The fourth-order valence-corrected chi connectivity index (χ4v) is 6.92. The molecule has 0 radical (unpaired) electrons. The minimum atomic E-state index is -1.05. The molecule has 54 heavy (non-hydrogen) atoms. The van der Waals surface area contributed by atoms with Gasteiger partial charge in [0.05, 0.1) is 30.9 Å². The van der Waals surface area contributed by atoms with Crippen molar-refractivity contribution in [2.45, 2.75) is 63.7 Å². The Balaban J connectivity index is 1.10. The zero-order chi connectivity index (χ0) is 37.3. The lowest BCUT2D eigenvalue weighted by molar-refractivity contribution is -0.253. The van der Waals surface area contributed by atoms with Crippen LogP contribution in [0, 0.1) is 0 Å². The van der Waals surface area contributed by atoms with E-state index in [1.54, 1.807) is 18.2 Å². The minimum Gasteiger partial charge on any atom is -0.445 e. The van der Waals surface area contributed by atoms with E-state index >= 15 is 0 Å². The molecule has 0 aromatic heterocycles. The average Bonchev–Trinajstić information content (AvgIpc) is 3.49. The molecule has 5 aromatic carbocycles. The molecule has 7 rings (SSSR count). The van der Waals surface area contributed by atoms with Gasteiger partial charge in [-0.05, 0) is 39.9 Å². The van der Waals surface area contributed by atoms with Crippen molar-refractivity contribution in [2.24, 2.45) is 0 Å². The van der Waals surface area contributed by atoms with Crippen LogP contribution in [0.3, 0.4) is 0 Å². The molecule has 2 saturated heterocycles. The lowest BCUT2D eigenvalue weighted by atomic mass is 9.99. The monoisotopic (exact) mass is 725 g/mol. The third kappa shape index (κ3) is 9.28. The van der Waals surface area contributed by atoms with Gasteiger partial charge in [0.25, 0.3) is 5.91 Å². The fourth-order valence-electron chi connectivity index (χ4n) is 6.92. The number of alkyl carbamates (subject to hydrolysis) is 1. The van der Waals surface area contributed by atoms with Crippen LogP contribution in [0.5, 0.6) is 0 Å². The highest BCUT2D eigenvalue weighted by Crippen LogP contribution is 2.39. The van der Waals surface area contributed by atoms with Crippen molar-refractivity contribution in [1.29, 1.82) is 0 Å². The molecule has 1 unspecified atom stereocenters. The molecule has 2 aliphatic heterocycles. The van der Waals surface area contributed by atoms with Crippen LogP contribution in [0.4, 0.5) is 10.5 Å². The molecule has 2 aliphatic rings. The summed E-state index contributed by atoms with van der Waals surface area (Å²) in [5.74, 6) is -0.982. The van der Waals surface area contributed by atoms with Gasteiger partial charge < -0.3 is 24.6 Å². The van der Waals surface area contributed by atoms with Crippen LogP contribution in [0.15, 0.2) is 140 Å². The molecule has 2 fully saturated rings. The van der Waals surface area contributed by atoms with Gasteiger partial charge >= 0.3 is 6.09 Å². The molecule has 10 nitrogen and oxygen atoms in total. The lowest BCUT2D eigenvalue weighted by Crippen LogP contribution is -2.42. The van der Waals surface area contributed by atoms with Crippen LogP contribution >= 0.6 is 0 Å². The van der Waals surface area contributed by atoms with Crippen LogP contribution in [0.2, 0.25) is 0 Å². The molecule has 0 spiro atoms. The molecular formula is C44H43N3O7. The topological polar surface area (TPSA) is 118 Å². The van der Waals surface area contributed by atoms with E-state index in [0.29, 0.717) is 24.2 Å². The average molecular weight is 726 g/mol. The number of rotatable bonds is 13. The maximum atomic E-state index is 13.5. The van der Waals surface area contributed by atoms with Gasteiger partial charge in [-0.2, -0.15) is 0 Å². The summed E-state index contributed by atoms with van der Waals surface area (Å²) in [5.41, 5.74) is 5.96. The van der Waals surface area contributed by atoms with Crippen molar-refractivity contribution >= 4 is 23.6 Å². The summed E-state index contributed by atoms with van der Waals surface area (Å²) in [6.07, 6.45) is -1.75. The zero-order valence-electron chi connectivity index (χ0n) is 29.8. The number of anilines is 1. The van der Waals surface area contributed by atoms with Crippen molar-refractivity contribution in [3.8, 4) is 0 Å². The number of ether oxygens (including phenoxy) is 3. The van der Waals surface area contributed by atoms with Crippen LogP contribution in [-0.4, -0.2) is 46.6 Å². The van der Waals surface area contributed by atoms with E-state index in [9.17, 15) is 19.5 Å². The highest BCUT2D eigenvalue weighted by atomic mass is 16.7. The molecular weight excluding hydrogens is 682 g/mol. The second-order valence-electron chi connectivity index (χ2n) is 13.6. The van der Waals surface area contributed by atoms with Crippen molar-refractivity contribution in [3.05, 3.63) is 173 Å². The van der Waals surface area contributed by atoms with Gasteiger partial charge in [0.1, 0.15) is 12.6 Å². The molecule has 5 aromatic rings. The van der Waals surface area contributed by atoms with Crippen LogP contribution in [0.25, 0.3) is 0 Å². The number of aliphatic hydroxyl groups excluding tert-OH is 1. The Morgan fingerprint density at radius 3 is 2.00 bits per heavy atom. The Hall–Kier alpha value is -5.65. The van der Waals surface area contributed by atoms with Gasteiger partial charge in [-0.1, -0.05) is 127 Å². The number of hydrogen-bond donors (Lipinski definition) is 2. The van der Waals surface area contributed by atoms with E-state index < -0.39 is 30.2 Å². The van der Waals surface area contributed by atoms with Crippen LogP contribution in [0.1, 0.15) is 58.6 Å². The molecule has 0 bridgehead atoms. The predicted molar refractivity (Wildman–Crippen MR) is 203 cm³/mol. The van der Waals surface area contributed by atoms with E-state index in [0.717, 1.165) is 34.7 Å². The smallest absolute Gasteiger partial charge is 0.408 e. The van der Waals surface area contributed by atoms with Crippen LogP contribution in [-0.2, 0) is 50.1 Å². The molecule has 276 valence electrons. The van der Waals surface area contributed by atoms with E-state index in [-0.39, 0.29) is 31.8 Å². The van der Waals surface area contributed by atoms with Gasteiger partial charge in [0.15, 0.2) is 6.29 Å². The molecule has 10 heteroatoms. The number of nitrogens with one attached hydrogen (secondary N) is 1. The molecule has 2 N–H and O–H groups in total. The maximum Gasteiger partial charge on any atom is 0.408 e. The first-order valence-electron chi connectivity index (χ1n) is 18.2. The number of carbonyl (C=O) groups excluding carboxylic acids is 3. The van der Waals surface area contributed by atoms with Crippen molar-refractivity contribution in [3.63, 3.8) is 0 Å². The van der Waals surface area contributed by atoms with Crippen molar-refractivity contribution in [1.82, 2.24) is 10.2 Å². The Bertz CT molecular complexity index is 1970. The van der Waals surface area contributed by atoms with E-state index in [2.05, 4.69) is 34.5 Å². The van der Waals surface area contributed by atoms with E-state index in [1.807, 2.05) is 97.1 Å².